The van der Waals surface area contributed by atoms with Gasteiger partial charge in [0.15, 0.2) is 0 Å². The number of hydrogen-bond donors (Lipinski definition) is 0. The quantitative estimate of drug-likeness (QED) is 0.849. The van der Waals surface area contributed by atoms with Crippen LogP contribution in [0.3, 0.4) is 0 Å². The minimum absolute atomic E-state index is 0.675. The molecule has 1 aromatic heterocycles. The Bertz CT molecular complexity index is 685. The lowest BCUT2D eigenvalue weighted by Crippen LogP contribution is -2.49. The first-order valence-electron chi connectivity index (χ1n) is 8.84. The van der Waals surface area contributed by atoms with Gasteiger partial charge in [0, 0.05) is 44.0 Å². The Morgan fingerprint density at radius 3 is 2.57 bits per heavy atom. The van der Waals surface area contributed by atoms with Crippen molar-refractivity contribution in [3.05, 3.63) is 48.8 Å². The van der Waals surface area contributed by atoms with E-state index in [9.17, 15) is 0 Å². The number of nitrogens with zero attached hydrogens (tertiary/aromatic N) is 3. The van der Waals surface area contributed by atoms with Gasteiger partial charge >= 0.3 is 0 Å². The van der Waals surface area contributed by atoms with E-state index in [-0.39, 0.29) is 0 Å². The maximum Gasteiger partial charge on any atom is 0.0562 e. The first-order valence-corrected chi connectivity index (χ1v) is 8.84. The predicted molar refractivity (Wildman–Crippen MR) is 93.5 cm³/mol. The molecule has 4 fully saturated rings. The van der Waals surface area contributed by atoms with Gasteiger partial charge in [0.05, 0.1) is 11.9 Å². The van der Waals surface area contributed by atoms with Gasteiger partial charge in [-0.15, -0.1) is 0 Å². The van der Waals surface area contributed by atoms with Gasteiger partial charge < -0.3 is 9.80 Å². The average molecular weight is 305 g/mol. The third kappa shape index (κ3) is 2.43. The number of benzene rings is 1. The lowest BCUT2D eigenvalue weighted by atomic mass is 9.84. The van der Waals surface area contributed by atoms with E-state index in [0.29, 0.717) is 6.04 Å². The SMILES string of the molecule is c1ccc(-c2cncc(N3CC4CC5CC3CN(C5)C4)c2)cc1. The van der Waals surface area contributed by atoms with E-state index in [1.807, 2.05) is 6.20 Å². The van der Waals surface area contributed by atoms with Gasteiger partial charge in [-0.1, -0.05) is 30.3 Å². The first-order chi connectivity index (χ1) is 11.3. The molecule has 4 unspecified atom stereocenters. The van der Waals surface area contributed by atoms with Crippen molar-refractivity contribution in [2.75, 3.05) is 31.1 Å². The largest absolute Gasteiger partial charge is 0.366 e. The Balaban J connectivity index is 1.50. The molecule has 0 N–H and O–H groups in total. The fraction of sp³-hybridized carbons (Fsp3) is 0.450. The molecule has 4 atom stereocenters. The lowest BCUT2D eigenvalue weighted by Gasteiger charge is -2.41. The highest BCUT2D eigenvalue weighted by molar-refractivity contribution is 5.67. The normalized spacial score (nSPS) is 32.1. The minimum Gasteiger partial charge on any atom is -0.366 e. The summed E-state index contributed by atoms with van der Waals surface area (Å²) >= 11 is 0. The van der Waals surface area contributed by atoms with Crippen LogP contribution in [0.25, 0.3) is 11.1 Å². The van der Waals surface area contributed by atoms with Crippen molar-refractivity contribution in [3.63, 3.8) is 0 Å². The standard InChI is InChI=1S/C20H23N3/c1-2-4-17(5-3-1)18-8-19(10-21-9-18)23-13-16-6-15-7-20(23)14-22(11-15)12-16/h1-5,8-10,15-16,20H,6-7,11-14H2. The Morgan fingerprint density at radius 1 is 0.826 bits per heavy atom. The second-order valence-corrected chi connectivity index (χ2v) is 7.53. The van der Waals surface area contributed by atoms with Crippen LogP contribution in [-0.2, 0) is 0 Å². The molecule has 0 radical (unpaired) electrons. The summed E-state index contributed by atoms with van der Waals surface area (Å²) in [7, 11) is 0. The molecule has 0 aliphatic carbocycles. The third-order valence-corrected chi connectivity index (χ3v) is 5.83. The van der Waals surface area contributed by atoms with Crippen LogP contribution >= 0.6 is 0 Å². The van der Waals surface area contributed by atoms with Gasteiger partial charge in [-0.25, -0.2) is 0 Å². The first kappa shape index (κ1) is 13.6. The molecule has 4 aliphatic heterocycles. The zero-order chi connectivity index (χ0) is 15.2. The van der Waals surface area contributed by atoms with Gasteiger partial charge in [0.2, 0.25) is 0 Å². The summed E-state index contributed by atoms with van der Waals surface area (Å²) < 4.78 is 0. The fourth-order valence-electron chi connectivity index (χ4n) is 4.98. The smallest absolute Gasteiger partial charge is 0.0562 e. The number of aromatic nitrogens is 1. The van der Waals surface area contributed by atoms with E-state index in [0.717, 1.165) is 11.8 Å². The van der Waals surface area contributed by atoms with Crippen LogP contribution in [0.15, 0.2) is 48.8 Å². The van der Waals surface area contributed by atoms with E-state index in [1.165, 1.54) is 55.8 Å². The summed E-state index contributed by atoms with van der Waals surface area (Å²) in [4.78, 5) is 9.91. The van der Waals surface area contributed by atoms with E-state index >= 15 is 0 Å². The number of anilines is 1. The Labute approximate surface area is 137 Å². The third-order valence-electron chi connectivity index (χ3n) is 5.83. The molecule has 4 aliphatic rings. The molecule has 118 valence electrons. The van der Waals surface area contributed by atoms with Crippen molar-refractivity contribution < 1.29 is 0 Å². The number of piperidine rings is 2. The molecular formula is C20H23N3. The van der Waals surface area contributed by atoms with Crippen LogP contribution in [0.1, 0.15) is 12.8 Å². The molecule has 3 heteroatoms. The van der Waals surface area contributed by atoms with Crippen molar-refractivity contribution in [3.8, 4) is 11.1 Å². The molecule has 5 heterocycles. The van der Waals surface area contributed by atoms with Gasteiger partial charge in [-0.05, 0) is 36.3 Å². The molecule has 0 spiro atoms. The second-order valence-electron chi connectivity index (χ2n) is 7.53. The summed E-state index contributed by atoms with van der Waals surface area (Å²) in [6.45, 7) is 5.08. The van der Waals surface area contributed by atoms with Crippen LogP contribution in [-0.4, -0.2) is 42.1 Å². The van der Waals surface area contributed by atoms with E-state index in [1.54, 1.807) is 0 Å². The molecular weight excluding hydrogens is 282 g/mol. The van der Waals surface area contributed by atoms with Crippen LogP contribution < -0.4 is 4.90 Å². The van der Waals surface area contributed by atoms with Gasteiger partial charge in [-0.3, -0.25) is 4.98 Å². The van der Waals surface area contributed by atoms with E-state index in [4.69, 9.17) is 0 Å². The molecule has 3 nitrogen and oxygen atoms in total. The number of rotatable bonds is 2. The van der Waals surface area contributed by atoms with Crippen molar-refractivity contribution in [1.82, 2.24) is 9.88 Å². The summed E-state index contributed by atoms with van der Waals surface area (Å²) in [5.74, 6) is 1.75. The number of hydrogen-bond acceptors (Lipinski definition) is 3. The van der Waals surface area contributed by atoms with Crippen LogP contribution in [0.2, 0.25) is 0 Å². The van der Waals surface area contributed by atoms with E-state index < -0.39 is 0 Å². The van der Waals surface area contributed by atoms with E-state index in [2.05, 4.69) is 57.4 Å². The molecule has 23 heavy (non-hydrogen) atoms. The topological polar surface area (TPSA) is 19.4 Å². The van der Waals surface area contributed by atoms with Crippen LogP contribution in [0.4, 0.5) is 5.69 Å². The van der Waals surface area contributed by atoms with Gasteiger partial charge in [-0.2, -0.15) is 0 Å². The summed E-state index contributed by atoms with van der Waals surface area (Å²) in [5.41, 5.74) is 3.80. The monoisotopic (exact) mass is 305 g/mol. The molecule has 4 bridgehead atoms. The average Bonchev–Trinajstić information content (AvgIpc) is 2.79. The molecule has 6 rings (SSSR count). The minimum atomic E-state index is 0.675. The zero-order valence-electron chi connectivity index (χ0n) is 13.4. The maximum absolute atomic E-state index is 4.56. The summed E-state index contributed by atoms with van der Waals surface area (Å²) in [6.07, 6.45) is 6.84. The fourth-order valence-corrected chi connectivity index (χ4v) is 4.98. The lowest BCUT2D eigenvalue weighted by molar-refractivity contribution is 0.0980. The molecule has 4 saturated heterocycles. The van der Waals surface area contributed by atoms with Crippen molar-refractivity contribution in [1.29, 1.82) is 0 Å². The van der Waals surface area contributed by atoms with Crippen molar-refractivity contribution in [2.24, 2.45) is 11.8 Å². The zero-order valence-corrected chi connectivity index (χ0v) is 13.4. The second kappa shape index (κ2) is 5.34. The van der Waals surface area contributed by atoms with Crippen LogP contribution in [0.5, 0.6) is 0 Å². The molecule has 0 saturated carbocycles. The van der Waals surface area contributed by atoms with Crippen molar-refractivity contribution in [2.45, 2.75) is 18.9 Å². The highest BCUT2D eigenvalue weighted by Gasteiger charge is 2.41. The Hall–Kier alpha value is -1.87. The molecule has 0 amide bonds. The highest BCUT2D eigenvalue weighted by Crippen LogP contribution is 2.38. The Morgan fingerprint density at radius 2 is 1.70 bits per heavy atom. The number of fused-ring (bicyclic) bond motifs is 1. The molecule has 2 aromatic rings. The summed E-state index contributed by atoms with van der Waals surface area (Å²) in [6, 6.07) is 13.6. The summed E-state index contributed by atoms with van der Waals surface area (Å²) in [5, 5.41) is 0. The predicted octanol–water partition coefficient (Wildman–Crippen LogP) is 3.28. The molecule has 1 aromatic carbocycles. The van der Waals surface area contributed by atoms with Gasteiger partial charge in [0.1, 0.15) is 0 Å². The Kier molecular flexibility index (Phi) is 3.15. The number of pyridine rings is 1. The van der Waals surface area contributed by atoms with Crippen LogP contribution in [0, 0.1) is 11.8 Å². The maximum atomic E-state index is 4.56. The highest BCUT2D eigenvalue weighted by atomic mass is 15.3. The van der Waals surface area contributed by atoms with Gasteiger partial charge in [0.25, 0.3) is 0 Å². The van der Waals surface area contributed by atoms with Crippen molar-refractivity contribution >= 4 is 5.69 Å².